The van der Waals surface area contributed by atoms with Gasteiger partial charge in [-0.3, -0.25) is 5.84 Å². The lowest BCUT2D eigenvalue weighted by Crippen LogP contribution is -2.52. The molecule has 15 heavy (non-hydrogen) atoms. The van der Waals surface area contributed by atoms with Crippen LogP contribution in [0.3, 0.4) is 0 Å². The molecule has 0 aromatic rings. The van der Waals surface area contributed by atoms with Crippen molar-refractivity contribution in [1.29, 1.82) is 0 Å². The largest absolute Gasteiger partial charge is 0.269 e. The molecule has 0 spiro atoms. The minimum Gasteiger partial charge on any atom is -0.269 e. The van der Waals surface area contributed by atoms with E-state index >= 15 is 0 Å². The molecule has 85 valence electrons. The average molecular weight is 207 g/mol. The number of hydrogen-bond donors (Lipinski definition) is 1. The highest BCUT2D eigenvalue weighted by atomic mass is 15.4. The molecule has 0 aromatic carbocycles. The predicted octanol–water partition coefficient (Wildman–Crippen LogP) is 2.45. The second-order valence-electron chi connectivity index (χ2n) is 5.67. The zero-order valence-electron chi connectivity index (χ0n) is 10.2. The Hall–Kier alpha value is -0.0151. The van der Waals surface area contributed by atoms with Crippen molar-refractivity contribution >= 4 is 7.28 Å². The summed E-state index contributed by atoms with van der Waals surface area (Å²) in [6.07, 6.45) is 6.84. The maximum Gasteiger partial charge on any atom is 0.121 e. The van der Waals surface area contributed by atoms with Crippen molar-refractivity contribution < 1.29 is 0 Å². The van der Waals surface area contributed by atoms with Gasteiger partial charge in [-0.2, -0.15) is 0 Å². The van der Waals surface area contributed by atoms with E-state index in [0.29, 0.717) is 11.9 Å². The van der Waals surface area contributed by atoms with Gasteiger partial charge in [0.2, 0.25) is 0 Å². The number of nitrogens with zero attached hydrogens (tertiary/aromatic N) is 1. The van der Waals surface area contributed by atoms with Crippen molar-refractivity contribution in [2.45, 2.75) is 63.6 Å². The first-order valence-electron chi connectivity index (χ1n) is 6.55. The Kier molecular flexibility index (Phi) is 3.73. The molecule has 3 unspecified atom stereocenters. The van der Waals surface area contributed by atoms with Crippen molar-refractivity contribution in [3.8, 4) is 0 Å². The van der Waals surface area contributed by atoms with Crippen LogP contribution in [0.2, 0.25) is 11.6 Å². The Labute approximate surface area is 94.8 Å². The van der Waals surface area contributed by atoms with Crippen LogP contribution >= 0.6 is 0 Å². The van der Waals surface area contributed by atoms with Crippen LogP contribution in [0.25, 0.3) is 0 Å². The van der Waals surface area contributed by atoms with Gasteiger partial charge in [-0.1, -0.05) is 57.1 Å². The van der Waals surface area contributed by atoms with Crippen LogP contribution in [-0.2, 0) is 0 Å². The standard InChI is InChI=1S/C12H24BN2/c1-9(2)11-8-15(14)12-7-5-3-4-6-10(12)13-11/h9-12H,3-8,14H2,1-2H3. The Morgan fingerprint density at radius 2 is 1.93 bits per heavy atom. The van der Waals surface area contributed by atoms with E-state index in [-0.39, 0.29) is 0 Å². The first-order chi connectivity index (χ1) is 7.18. The molecule has 0 amide bonds. The van der Waals surface area contributed by atoms with E-state index in [2.05, 4.69) is 26.1 Å². The fourth-order valence-electron chi connectivity index (χ4n) is 3.14. The third-order valence-corrected chi connectivity index (χ3v) is 4.23. The number of hydrogen-bond acceptors (Lipinski definition) is 2. The lowest BCUT2D eigenvalue weighted by Gasteiger charge is -2.43. The van der Waals surface area contributed by atoms with Crippen molar-refractivity contribution in [2.75, 3.05) is 6.54 Å². The molecule has 2 aliphatic rings. The molecule has 2 rings (SSSR count). The first-order valence-corrected chi connectivity index (χ1v) is 6.55. The summed E-state index contributed by atoms with van der Waals surface area (Å²) >= 11 is 0. The van der Waals surface area contributed by atoms with Crippen LogP contribution in [0, 0.1) is 5.92 Å². The lowest BCUT2D eigenvalue weighted by molar-refractivity contribution is 0.156. The van der Waals surface area contributed by atoms with Crippen LogP contribution in [0.15, 0.2) is 0 Å². The van der Waals surface area contributed by atoms with E-state index in [4.69, 9.17) is 5.84 Å². The topological polar surface area (TPSA) is 29.3 Å². The van der Waals surface area contributed by atoms with Crippen molar-refractivity contribution in [2.24, 2.45) is 11.8 Å². The van der Waals surface area contributed by atoms with E-state index in [1.54, 1.807) is 0 Å². The maximum absolute atomic E-state index is 6.20. The number of hydrazine groups is 1. The van der Waals surface area contributed by atoms with Crippen LogP contribution in [0.1, 0.15) is 46.0 Å². The van der Waals surface area contributed by atoms with E-state index < -0.39 is 0 Å². The molecule has 3 heteroatoms. The first kappa shape index (κ1) is 11.5. The molecule has 1 aliphatic heterocycles. The predicted molar refractivity (Wildman–Crippen MR) is 65.9 cm³/mol. The molecular formula is C12H24BN2. The molecule has 2 fully saturated rings. The molecular weight excluding hydrogens is 183 g/mol. The zero-order valence-corrected chi connectivity index (χ0v) is 10.2. The second kappa shape index (κ2) is 4.88. The van der Waals surface area contributed by atoms with Gasteiger partial charge in [0, 0.05) is 12.6 Å². The molecule has 2 nitrogen and oxygen atoms in total. The maximum atomic E-state index is 6.20. The van der Waals surface area contributed by atoms with Gasteiger partial charge in [0.25, 0.3) is 0 Å². The van der Waals surface area contributed by atoms with Gasteiger partial charge in [0.15, 0.2) is 0 Å². The molecule has 0 aromatic heterocycles. The summed E-state index contributed by atoms with van der Waals surface area (Å²) in [5.74, 6) is 8.40. The third-order valence-electron chi connectivity index (χ3n) is 4.23. The van der Waals surface area contributed by atoms with Gasteiger partial charge in [0.1, 0.15) is 7.28 Å². The summed E-state index contributed by atoms with van der Waals surface area (Å²) < 4.78 is 0. The molecule has 0 bridgehead atoms. The van der Waals surface area contributed by atoms with Gasteiger partial charge in [0.05, 0.1) is 0 Å². The van der Waals surface area contributed by atoms with Gasteiger partial charge in [-0.05, 0) is 6.42 Å². The van der Waals surface area contributed by atoms with Gasteiger partial charge < -0.3 is 0 Å². The lowest BCUT2D eigenvalue weighted by atomic mass is 9.46. The highest BCUT2D eigenvalue weighted by molar-refractivity contribution is 6.40. The number of rotatable bonds is 1. The molecule has 1 heterocycles. The number of fused-ring (bicyclic) bond motifs is 1. The van der Waals surface area contributed by atoms with E-state index in [1.165, 1.54) is 32.1 Å². The SMILES string of the molecule is CC(C)C1[B]C2CCCCCC2N(N)C1. The van der Waals surface area contributed by atoms with Crippen LogP contribution in [-0.4, -0.2) is 24.9 Å². The monoisotopic (exact) mass is 207 g/mol. The molecule has 3 atom stereocenters. The van der Waals surface area contributed by atoms with E-state index in [9.17, 15) is 0 Å². The van der Waals surface area contributed by atoms with Crippen molar-refractivity contribution in [3.63, 3.8) is 0 Å². The summed E-state index contributed by atoms with van der Waals surface area (Å²) in [4.78, 5) is 0. The van der Waals surface area contributed by atoms with Crippen molar-refractivity contribution in [3.05, 3.63) is 0 Å². The van der Waals surface area contributed by atoms with Gasteiger partial charge in [-0.25, -0.2) is 5.01 Å². The molecule has 2 N–H and O–H groups in total. The zero-order chi connectivity index (χ0) is 10.8. The van der Waals surface area contributed by atoms with Crippen LogP contribution < -0.4 is 5.84 Å². The Balaban J connectivity index is 2.02. The summed E-state index contributed by atoms with van der Waals surface area (Å²) in [5, 5.41) is 2.14. The highest BCUT2D eigenvalue weighted by Crippen LogP contribution is 2.38. The van der Waals surface area contributed by atoms with E-state index in [0.717, 1.165) is 18.3 Å². The highest BCUT2D eigenvalue weighted by Gasteiger charge is 2.36. The third kappa shape index (κ3) is 2.56. The average Bonchev–Trinajstić information content (AvgIpc) is 2.42. The Morgan fingerprint density at radius 3 is 2.67 bits per heavy atom. The summed E-state index contributed by atoms with van der Waals surface area (Å²) in [5.41, 5.74) is 0. The van der Waals surface area contributed by atoms with Gasteiger partial charge in [-0.15, -0.1) is 0 Å². The second-order valence-corrected chi connectivity index (χ2v) is 5.67. The molecule has 1 saturated heterocycles. The van der Waals surface area contributed by atoms with Crippen LogP contribution in [0.4, 0.5) is 0 Å². The fourth-order valence-corrected chi connectivity index (χ4v) is 3.14. The summed E-state index contributed by atoms with van der Waals surface area (Å²) in [6, 6.07) is 0.641. The quantitative estimate of drug-likeness (QED) is 0.528. The van der Waals surface area contributed by atoms with Crippen molar-refractivity contribution in [1.82, 2.24) is 5.01 Å². The minimum atomic E-state index is 0.641. The fraction of sp³-hybridized carbons (Fsp3) is 1.00. The Morgan fingerprint density at radius 1 is 1.20 bits per heavy atom. The van der Waals surface area contributed by atoms with Gasteiger partial charge >= 0.3 is 0 Å². The number of nitrogens with two attached hydrogens (primary N) is 1. The van der Waals surface area contributed by atoms with Crippen LogP contribution in [0.5, 0.6) is 0 Å². The normalized spacial score (nSPS) is 38.3. The summed E-state index contributed by atoms with van der Waals surface area (Å²) in [6.45, 7) is 5.69. The smallest absolute Gasteiger partial charge is 0.121 e. The Bertz CT molecular complexity index is 208. The molecule has 1 radical (unpaired) electrons. The molecule has 1 aliphatic carbocycles. The van der Waals surface area contributed by atoms with E-state index in [1.807, 2.05) is 0 Å². The minimum absolute atomic E-state index is 0.641. The molecule has 1 saturated carbocycles. The summed E-state index contributed by atoms with van der Waals surface area (Å²) in [7, 11) is 2.62.